The number of alkyl halides is 2. The molecular formula is C7H5Cl3O4. The van der Waals surface area contributed by atoms with Gasteiger partial charge in [-0.2, -0.15) is 0 Å². The molecule has 78 valence electrons. The van der Waals surface area contributed by atoms with E-state index in [0.717, 1.165) is 13.2 Å². The van der Waals surface area contributed by atoms with Crippen molar-refractivity contribution in [2.24, 2.45) is 0 Å². The van der Waals surface area contributed by atoms with E-state index in [4.69, 9.17) is 34.8 Å². The van der Waals surface area contributed by atoms with E-state index in [2.05, 4.69) is 4.74 Å². The molecule has 4 nitrogen and oxygen atoms in total. The van der Waals surface area contributed by atoms with Crippen LogP contribution in [0.4, 0.5) is 0 Å². The normalized spacial score (nSPS) is 30.1. The molecule has 1 rings (SSSR count). The van der Waals surface area contributed by atoms with E-state index in [1.54, 1.807) is 0 Å². The molecule has 1 unspecified atom stereocenters. The minimum Gasteiger partial charge on any atom is -0.467 e. The van der Waals surface area contributed by atoms with Crippen molar-refractivity contribution < 1.29 is 19.4 Å². The average Bonchev–Trinajstić information content (AvgIpc) is 2.27. The lowest BCUT2D eigenvalue weighted by atomic mass is 10.0. The Morgan fingerprint density at radius 2 is 2.07 bits per heavy atom. The lowest BCUT2D eigenvalue weighted by Crippen LogP contribution is -2.52. The number of esters is 1. The van der Waals surface area contributed by atoms with Crippen molar-refractivity contribution in [3.8, 4) is 0 Å². The summed E-state index contributed by atoms with van der Waals surface area (Å²) < 4.78 is 1.92. The number of halogens is 3. The van der Waals surface area contributed by atoms with Crippen molar-refractivity contribution in [3.05, 3.63) is 11.1 Å². The van der Waals surface area contributed by atoms with E-state index in [-0.39, 0.29) is 0 Å². The van der Waals surface area contributed by atoms with Gasteiger partial charge < -0.3 is 9.84 Å². The molecule has 0 saturated heterocycles. The average molecular weight is 259 g/mol. The van der Waals surface area contributed by atoms with Gasteiger partial charge in [-0.15, -0.1) is 0 Å². The van der Waals surface area contributed by atoms with Crippen LogP contribution in [0.5, 0.6) is 0 Å². The Morgan fingerprint density at radius 1 is 1.57 bits per heavy atom. The molecule has 0 bridgehead atoms. The summed E-state index contributed by atoms with van der Waals surface area (Å²) in [4.78, 5) is 22.4. The zero-order valence-electron chi connectivity index (χ0n) is 6.88. The molecule has 1 N–H and O–H groups in total. The number of hydrogen-bond acceptors (Lipinski definition) is 4. The summed E-state index contributed by atoms with van der Waals surface area (Å²) in [6.07, 6.45) is 0.767. The van der Waals surface area contributed by atoms with Crippen LogP contribution in [0.2, 0.25) is 0 Å². The third kappa shape index (κ3) is 1.34. The van der Waals surface area contributed by atoms with Crippen LogP contribution in [0.15, 0.2) is 11.1 Å². The van der Waals surface area contributed by atoms with Gasteiger partial charge in [0.2, 0.25) is 15.7 Å². The molecule has 14 heavy (non-hydrogen) atoms. The topological polar surface area (TPSA) is 63.6 Å². The molecule has 0 aromatic heterocycles. The Morgan fingerprint density at radius 3 is 2.36 bits per heavy atom. The maximum Gasteiger partial charge on any atom is 0.345 e. The number of hydrogen-bond donors (Lipinski definition) is 1. The van der Waals surface area contributed by atoms with Crippen LogP contribution in [-0.4, -0.2) is 33.9 Å². The highest BCUT2D eigenvalue weighted by Crippen LogP contribution is 2.45. The van der Waals surface area contributed by atoms with Gasteiger partial charge >= 0.3 is 5.97 Å². The molecule has 0 aromatic carbocycles. The highest BCUT2D eigenvalue weighted by atomic mass is 35.5. The second-order valence-corrected chi connectivity index (χ2v) is 4.39. The summed E-state index contributed by atoms with van der Waals surface area (Å²) in [5.41, 5.74) is -2.43. The zero-order chi connectivity index (χ0) is 11.1. The fourth-order valence-electron chi connectivity index (χ4n) is 1.01. The van der Waals surface area contributed by atoms with E-state index in [1.807, 2.05) is 0 Å². The Balaban J connectivity index is 3.25. The fraction of sp³-hybridized carbons (Fsp3) is 0.429. The van der Waals surface area contributed by atoms with E-state index < -0.39 is 26.7 Å². The van der Waals surface area contributed by atoms with Gasteiger partial charge in [-0.05, 0) is 6.08 Å². The number of allylic oxidation sites excluding steroid dienone is 1. The smallest absolute Gasteiger partial charge is 0.345 e. The second kappa shape index (κ2) is 3.38. The lowest BCUT2D eigenvalue weighted by Gasteiger charge is -2.26. The van der Waals surface area contributed by atoms with Gasteiger partial charge in [-0.25, -0.2) is 4.79 Å². The summed E-state index contributed by atoms with van der Waals surface area (Å²) in [6, 6.07) is 0. The third-order valence-corrected chi connectivity index (χ3v) is 3.01. The number of aliphatic hydroxyl groups is 1. The molecule has 7 heteroatoms. The van der Waals surface area contributed by atoms with Gasteiger partial charge in [0.15, 0.2) is 0 Å². The molecule has 0 spiro atoms. The van der Waals surface area contributed by atoms with E-state index in [0.29, 0.717) is 0 Å². The van der Waals surface area contributed by atoms with Gasteiger partial charge in [0.05, 0.1) is 12.1 Å². The highest BCUT2D eigenvalue weighted by molar-refractivity contribution is 6.67. The largest absolute Gasteiger partial charge is 0.467 e. The molecule has 0 aliphatic heterocycles. The standard InChI is InChI=1S/C7H5Cl3O4/c1-14-5(12)6(13)2-3(8)4(11)7(6,9)10/h2,13H,1H3. The number of rotatable bonds is 1. The van der Waals surface area contributed by atoms with Crippen LogP contribution in [-0.2, 0) is 14.3 Å². The molecule has 1 aliphatic carbocycles. The number of methoxy groups -OCH3 is 1. The number of carbonyl (C=O) groups is 2. The molecule has 1 atom stereocenters. The summed E-state index contributed by atoms with van der Waals surface area (Å²) in [5.74, 6) is -2.08. The van der Waals surface area contributed by atoms with Crippen molar-refractivity contribution in [1.82, 2.24) is 0 Å². The van der Waals surface area contributed by atoms with Crippen molar-refractivity contribution in [3.63, 3.8) is 0 Å². The predicted molar refractivity (Wildman–Crippen MR) is 50.3 cm³/mol. The van der Waals surface area contributed by atoms with Crippen LogP contribution in [0.1, 0.15) is 0 Å². The van der Waals surface area contributed by atoms with E-state index >= 15 is 0 Å². The molecule has 0 fully saturated rings. The Labute approximate surface area is 94.4 Å². The Bertz CT molecular complexity index is 336. The van der Waals surface area contributed by atoms with Gasteiger partial charge in [-0.3, -0.25) is 4.79 Å². The molecule has 0 saturated carbocycles. The van der Waals surface area contributed by atoms with Crippen LogP contribution in [0.3, 0.4) is 0 Å². The first-order valence-electron chi connectivity index (χ1n) is 3.39. The molecule has 0 aromatic rings. The summed E-state index contributed by atoms with van der Waals surface area (Å²) >= 11 is 16.5. The Kier molecular flexibility index (Phi) is 2.84. The monoisotopic (exact) mass is 258 g/mol. The predicted octanol–water partition coefficient (Wildman–Crippen LogP) is 0.770. The molecule has 0 heterocycles. The minimum atomic E-state index is -2.43. The van der Waals surface area contributed by atoms with Crippen molar-refractivity contribution >= 4 is 46.6 Å². The summed E-state index contributed by atoms with van der Waals surface area (Å²) in [6.45, 7) is 0. The second-order valence-electron chi connectivity index (χ2n) is 2.65. The van der Waals surface area contributed by atoms with Gasteiger partial charge in [0, 0.05) is 0 Å². The molecular weight excluding hydrogens is 254 g/mol. The summed E-state index contributed by atoms with van der Waals surface area (Å²) in [7, 11) is 1.02. The number of carbonyl (C=O) groups excluding carboxylic acids is 2. The van der Waals surface area contributed by atoms with Crippen molar-refractivity contribution in [1.29, 1.82) is 0 Å². The zero-order valence-corrected chi connectivity index (χ0v) is 9.15. The van der Waals surface area contributed by atoms with E-state index in [9.17, 15) is 14.7 Å². The summed E-state index contributed by atoms with van der Waals surface area (Å²) in [5, 5.41) is 9.31. The minimum absolute atomic E-state index is 0.400. The first-order valence-corrected chi connectivity index (χ1v) is 4.52. The quantitative estimate of drug-likeness (QED) is 0.558. The van der Waals surface area contributed by atoms with E-state index in [1.165, 1.54) is 0 Å². The third-order valence-electron chi connectivity index (χ3n) is 1.81. The first-order chi connectivity index (χ1) is 6.27. The number of ketones is 1. The van der Waals surface area contributed by atoms with Gasteiger partial charge in [-0.1, -0.05) is 34.8 Å². The Hall–Kier alpha value is -0.290. The molecule has 1 aliphatic rings. The maximum absolute atomic E-state index is 11.2. The van der Waals surface area contributed by atoms with Crippen LogP contribution >= 0.6 is 34.8 Å². The van der Waals surface area contributed by atoms with Crippen molar-refractivity contribution in [2.45, 2.75) is 9.93 Å². The maximum atomic E-state index is 11.2. The fourth-order valence-corrected chi connectivity index (χ4v) is 1.87. The van der Waals surface area contributed by atoms with Gasteiger partial charge in [0.25, 0.3) is 0 Å². The van der Waals surface area contributed by atoms with Crippen molar-refractivity contribution in [2.75, 3.05) is 7.11 Å². The van der Waals surface area contributed by atoms with Crippen LogP contribution in [0.25, 0.3) is 0 Å². The highest BCUT2D eigenvalue weighted by Gasteiger charge is 2.63. The first kappa shape index (κ1) is 11.8. The van der Waals surface area contributed by atoms with Crippen LogP contribution < -0.4 is 0 Å². The lowest BCUT2D eigenvalue weighted by molar-refractivity contribution is -0.158. The molecule has 0 amide bonds. The van der Waals surface area contributed by atoms with Crippen LogP contribution in [0, 0.1) is 0 Å². The molecule has 0 radical (unpaired) electrons. The SMILES string of the molecule is COC(=O)C1(O)C=C(Cl)C(=O)C1(Cl)Cl. The van der Waals surface area contributed by atoms with Gasteiger partial charge in [0.1, 0.15) is 0 Å². The number of Topliss-reactive ketones (excluding diaryl/α,β-unsaturated/α-hetero) is 1. The number of ether oxygens (including phenoxy) is 1.